The molecule has 3 aromatic carbocycles. The molecule has 1 N–H and O–H groups in total. The van der Waals surface area contributed by atoms with Crippen LogP contribution in [0, 0.1) is 6.92 Å². The summed E-state index contributed by atoms with van der Waals surface area (Å²) in [6.45, 7) is 7.51. The Balaban J connectivity index is 1.95. The molecule has 8 nitrogen and oxygen atoms in total. The minimum atomic E-state index is -4.18. The van der Waals surface area contributed by atoms with Crippen molar-refractivity contribution in [2.75, 3.05) is 32.2 Å². The maximum atomic E-state index is 13.8. The van der Waals surface area contributed by atoms with Crippen molar-refractivity contribution >= 4 is 33.2 Å². The average Bonchev–Trinajstić information content (AvgIpc) is 2.91. The van der Waals surface area contributed by atoms with Crippen molar-refractivity contribution in [2.24, 2.45) is 0 Å². The van der Waals surface area contributed by atoms with Gasteiger partial charge in [-0.1, -0.05) is 25.4 Å². The number of nitrogens with one attached hydrogen (secondary N) is 1. The molecule has 210 valence electrons. The second kappa shape index (κ2) is 12.6. The maximum Gasteiger partial charge on any atom is 0.264 e. The lowest BCUT2D eigenvalue weighted by Crippen LogP contribution is -2.41. The number of halogens is 1. The number of amides is 1. The van der Waals surface area contributed by atoms with Gasteiger partial charge in [0.15, 0.2) is 11.5 Å². The number of hydrogen-bond donors (Lipinski definition) is 1. The fraction of sp³-hybridized carbons (Fsp3) is 0.345. The van der Waals surface area contributed by atoms with Crippen LogP contribution in [0.5, 0.6) is 17.2 Å². The number of ether oxygens (including phenoxy) is 3. The molecule has 0 aliphatic rings. The molecule has 1 atom stereocenters. The molecule has 0 radical (unpaired) electrons. The summed E-state index contributed by atoms with van der Waals surface area (Å²) in [4.78, 5) is 13.3. The van der Waals surface area contributed by atoms with Crippen molar-refractivity contribution in [1.82, 2.24) is 5.32 Å². The third-order valence-corrected chi connectivity index (χ3v) is 8.45. The van der Waals surface area contributed by atoms with Crippen molar-refractivity contribution < 1.29 is 27.4 Å². The molecule has 3 rings (SSSR count). The van der Waals surface area contributed by atoms with Crippen LogP contribution in [-0.2, 0) is 14.8 Å². The van der Waals surface area contributed by atoms with Crippen LogP contribution in [0.2, 0.25) is 5.02 Å². The van der Waals surface area contributed by atoms with Gasteiger partial charge < -0.3 is 19.5 Å². The summed E-state index contributed by atoms with van der Waals surface area (Å²) in [5, 5.41) is 3.40. The number of nitrogens with zero attached hydrogens (tertiary/aromatic N) is 1. The first-order chi connectivity index (χ1) is 18.4. The smallest absolute Gasteiger partial charge is 0.264 e. The lowest BCUT2D eigenvalue weighted by atomic mass is 9.93. The quantitative estimate of drug-likeness (QED) is 0.308. The van der Waals surface area contributed by atoms with Gasteiger partial charge in [0.2, 0.25) is 5.91 Å². The van der Waals surface area contributed by atoms with Crippen LogP contribution >= 0.6 is 11.6 Å². The summed E-state index contributed by atoms with van der Waals surface area (Å²) in [7, 11) is 0.344. The van der Waals surface area contributed by atoms with Gasteiger partial charge in [0, 0.05) is 11.1 Å². The zero-order chi connectivity index (χ0) is 28.9. The predicted octanol–water partition coefficient (Wildman–Crippen LogP) is 5.87. The predicted molar refractivity (Wildman–Crippen MR) is 154 cm³/mol. The van der Waals surface area contributed by atoms with E-state index in [-0.39, 0.29) is 22.6 Å². The Bertz CT molecular complexity index is 1420. The van der Waals surface area contributed by atoms with Crippen LogP contribution in [-0.4, -0.2) is 42.2 Å². The van der Waals surface area contributed by atoms with Crippen LogP contribution in [0.4, 0.5) is 5.69 Å². The van der Waals surface area contributed by atoms with Gasteiger partial charge in [-0.25, -0.2) is 8.42 Å². The summed E-state index contributed by atoms with van der Waals surface area (Å²) in [6, 6.07) is 14.1. The second-order valence-corrected chi connectivity index (χ2v) is 11.7. The number of sulfonamides is 1. The van der Waals surface area contributed by atoms with E-state index in [9.17, 15) is 13.2 Å². The average molecular weight is 575 g/mol. The Hall–Kier alpha value is -3.43. The lowest BCUT2D eigenvalue weighted by Gasteiger charge is -2.26. The summed E-state index contributed by atoms with van der Waals surface area (Å²) in [5.74, 6) is 1.18. The molecule has 0 heterocycles. The standard InChI is InChI=1S/C29H35ClN2O6S/c1-18(2)24-16-25(19(3)14-27(24)37-6)20(4)31-29(33)17-32(22-10-8-21(30)9-11-22)39(34,35)23-12-13-26(36-5)28(15-23)38-7/h8-16,18,20H,17H2,1-7H3,(H,31,33)/t20-/m0/s1. The molecule has 0 spiro atoms. The zero-order valence-corrected chi connectivity index (χ0v) is 24.8. The Morgan fingerprint density at radius 3 is 2.05 bits per heavy atom. The minimum absolute atomic E-state index is 0.0523. The number of hydrogen-bond acceptors (Lipinski definition) is 6. The highest BCUT2D eigenvalue weighted by Crippen LogP contribution is 2.34. The molecule has 0 aliphatic heterocycles. The number of aryl methyl sites for hydroxylation is 1. The number of benzene rings is 3. The topological polar surface area (TPSA) is 94.2 Å². The van der Waals surface area contributed by atoms with Gasteiger partial charge in [-0.2, -0.15) is 0 Å². The Morgan fingerprint density at radius 2 is 1.49 bits per heavy atom. The van der Waals surface area contributed by atoms with Crippen molar-refractivity contribution in [3.05, 3.63) is 76.3 Å². The fourth-order valence-electron chi connectivity index (χ4n) is 4.33. The molecule has 0 aliphatic carbocycles. The van der Waals surface area contributed by atoms with E-state index in [1.165, 1.54) is 32.4 Å². The third kappa shape index (κ3) is 6.78. The molecule has 39 heavy (non-hydrogen) atoms. The van der Waals surface area contributed by atoms with E-state index in [4.69, 9.17) is 25.8 Å². The van der Waals surface area contributed by atoms with Crippen molar-refractivity contribution in [2.45, 2.75) is 44.6 Å². The highest BCUT2D eigenvalue weighted by atomic mass is 35.5. The van der Waals surface area contributed by atoms with E-state index in [2.05, 4.69) is 19.2 Å². The van der Waals surface area contributed by atoms with Crippen molar-refractivity contribution in [3.63, 3.8) is 0 Å². The number of carbonyl (C=O) groups is 1. The third-order valence-electron chi connectivity index (χ3n) is 6.43. The largest absolute Gasteiger partial charge is 0.496 e. The Morgan fingerprint density at radius 1 is 0.872 bits per heavy atom. The highest BCUT2D eigenvalue weighted by Gasteiger charge is 2.29. The van der Waals surface area contributed by atoms with E-state index in [1.54, 1.807) is 31.4 Å². The summed E-state index contributed by atoms with van der Waals surface area (Å²) < 4.78 is 44.8. The first-order valence-electron chi connectivity index (χ1n) is 12.4. The van der Waals surface area contributed by atoms with Crippen LogP contribution in [0.15, 0.2) is 59.5 Å². The number of methoxy groups -OCH3 is 3. The molecule has 0 saturated carbocycles. The molecule has 1 amide bonds. The summed E-state index contributed by atoms with van der Waals surface area (Å²) in [5.41, 5.74) is 3.20. The van der Waals surface area contributed by atoms with Gasteiger partial charge in [0.05, 0.1) is 38.0 Å². The van der Waals surface area contributed by atoms with E-state index < -0.39 is 22.5 Å². The fourth-order valence-corrected chi connectivity index (χ4v) is 5.90. The molecule has 0 bridgehead atoms. The number of rotatable bonds is 11. The molecule has 0 aromatic heterocycles. The van der Waals surface area contributed by atoms with E-state index in [0.29, 0.717) is 16.5 Å². The number of anilines is 1. The molecule has 10 heteroatoms. The van der Waals surface area contributed by atoms with Crippen LogP contribution < -0.4 is 23.8 Å². The molecule has 0 unspecified atom stereocenters. The van der Waals surface area contributed by atoms with Gasteiger partial charge in [-0.15, -0.1) is 0 Å². The number of carbonyl (C=O) groups excluding carboxylic acids is 1. The zero-order valence-electron chi connectivity index (χ0n) is 23.2. The Kier molecular flexibility index (Phi) is 9.74. The first kappa shape index (κ1) is 30.1. The molecule has 0 saturated heterocycles. The van der Waals surface area contributed by atoms with Crippen LogP contribution in [0.25, 0.3) is 0 Å². The normalized spacial score (nSPS) is 12.1. The van der Waals surface area contributed by atoms with Gasteiger partial charge in [-0.05, 0) is 85.0 Å². The van der Waals surface area contributed by atoms with Gasteiger partial charge in [0.1, 0.15) is 12.3 Å². The van der Waals surface area contributed by atoms with E-state index in [0.717, 1.165) is 26.7 Å². The Labute approximate surface area is 235 Å². The monoisotopic (exact) mass is 574 g/mol. The minimum Gasteiger partial charge on any atom is -0.496 e. The molecule has 3 aromatic rings. The van der Waals surface area contributed by atoms with E-state index >= 15 is 0 Å². The van der Waals surface area contributed by atoms with E-state index in [1.807, 2.05) is 26.0 Å². The maximum absolute atomic E-state index is 13.8. The highest BCUT2D eigenvalue weighted by molar-refractivity contribution is 7.92. The van der Waals surface area contributed by atoms with Gasteiger partial charge in [0.25, 0.3) is 10.0 Å². The van der Waals surface area contributed by atoms with Gasteiger partial charge >= 0.3 is 0 Å². The van der Waals surface area contributed by atoms with Crippen molar-refractivity contribution in [3.8, 4) is 17.2 Å². The molecular formula is C29H35ClN2O6S. The summed E-state index contributed by atoms with van der Waals surface area (Å²) in [6.07, 6.45) is 0. The van der Waals surface area contributed by atoms with Crippen LogP contribution in [0.3, 0.4) is 0 Å². The van der Waals surface area contributed by atoms with Gasteiger partial charge in [-0.3, -0.25) is 9.10 Å². The lowest BCUT2D eigenvalue weighted by molar-refractivity contribution is -0.120. The SMILES string of the molecule is COc1ccc(S(=O)(=O)N(CC(=O)N[C@@H](C)c2cc(C(C)C)c(OC)cc2C)c2ccc(Cl)cc2)cc1OC. The second-order valence-electron chi connectivity index (χ2n) is 9.40. The molecular weight excluding hydrogens is 540 g/mol. The molecule has 0 fully saturated rings. The van der Waals surface area contributed by atoms with Crippen molar-refractivity contribution in [1.29, 1.82) is 0 Å². The van der Waals surface area contributed by atoms with Crippen LogP contribution in [0.1, 0.15) is 49.4 Å². The summed E-state index contributed by atoms with van der Waals surface area (Å²) >= 11 is 6.05. The first-order valence-corrected chi connectivity index (χ1v) is 14.2.